The van der Waals surface area contributed by atoms with E-state index in [1.807, 2.05) is 38.2 Å². The Morgan fingerprint density at radius 1 is 1.24 bits per heavy atom. The summed E-state index contributed by atoms with van der Waals surface area (Å²) in [6, 6.07) is 10.1. The van der Waals surface area contributed by atoms with Crippen molar-refractivity contribution >= 4 is 15.9 Å². The molecule has 0 aliphatic heterocycles. The molecule has 3 nitrogen and oxygen atoms in total. The summed E-state index contributed by atoms with van der Waals surface area (Å²) in [7, 11) is 1.94. The van der Waals surface area contributed by atoms with Crippen molar-refractivity contribution in [3.05, 3.63) is 51.6 Å². The number of halogens is 1. The number of rotatable bonds is 5. The van der Waals surface area contributed by atoms with Crippen molar-refractivity contribution in [2.45, 2.75) is 33.2 Å². The summed E-state index contributed by atoms with van der Waals surface area (Å²) in [4.78, 5) is 4.60. The number of pyridine rings is 1. The van der Waals surface area contributed by atoms with Gasteiger partial charge in [0.05, 0.1) is 0 Å². The maximum absolute atomic E-state index is 5.93. The van der Waals surface area contributed by atoms with Crippen molar-refractivity contribution in [3.8, 4) is 11.6 Å². The molecule has 0 bridgehead atoms. The van der Waals surface area contributed by atoms with Crippen LogP contribution < -0.4 is 10.1 Å². The van der Waals surface area contributed by atoms with Gasteiger partial charge < -0.3 is 10.1 Å². The highest BCUT2D eigenvalue weighted by molar-refractivity contribution is 9.10. The smallest absolute Gasteiger partial charge is 0.219 e. The van der Waals surface area contributed by atoms with Crippen molar-refractivity contribution in [3.63, 3.8) is 0 Å². The molecule has 0 aliphatic rings. The Kier molecular flexibility index (Phi) is 5.37. The van der Waals surface area contributed by atoms with Crippen molar-refractivity contribution in [2.75, 3.05) is 7.05 Å². The van der Waals surface area contributed by atoms with Crippen LogP contribution in [0, 0.1) is 6.92 Å². The molecule has 4 heteroatoms. The minimum absolute atomic E-state index is 0.371. The molecule has 2 aromatic rings. The highest BCUT2D eigenvalue weighted by atomic mass is 79.9. The van der Waals surface area contributed by atoms with E-state index in [2.05, 4.69) is 46.1 Å². The molecule has 0 fully saturated rings. The molecule has 0 atom stereocenters. The van der Waals surface area contributed by atoms with Crippen molar-refractivity contribution in [2.24, 2.45) is 0 Å². The fourth-order valence-corrected chi connectivity index (χ4v) is 2.28. The van der Waals surface area contributed by atoms with Gasteiger partial charge in [-0.25, -0.2) is 4.98 Å². The number of nitrogens with one attached hydrogen (secondary N) is 1. The summed E-state index contributed by atoms with van der Waals surface area (Å²) in [5.41, 5.74) is 3.37. The minimum Gasteiger partial charge on any atom is -0.439 e. The molecule has 0 radical (unpaired) electrons. The third-order valence-electron chi connectivity index (χ3n) is 3.21. The fraction of sp³-hybridized carbons (Fsp3) is 0.353. The third-order valence-corrected chi connectivity index (χ3v) is 4.10. The van der Waals surface area contributed by atoms with E-state index >= 15 is 0 Å². The lowest BCUT2D eigenvalue weighted by atomic mass is 10.1. The molecule has 1 N–H and O–H groups in total. The van der Waals surface area contributed by atoms with Gasteiger partial charge in [-0.3, -0.25) is 0 Å². The third kappa shape index (κ3) is 4.29. The van der Waals surface area contributed by atoms with Crippen LogP contribution in [0.1, 0.15) is 36.6 Å². The first-order valence-corrected chi connectivity index (χ1v) is 7.88. The average molecular weight is 349 g/mol. The van der Waals surface area contributed by atoms with Crippen LogP contribution in [0.3, 0.4) is 0 Å². The summed E-state index contributed by atoms with van der Waals surface area (Å²) < 4.78 is 7.01. The van der Waals surface area contributed by atoms with Gasteiger partial charge in [-0.05, 0) is 55.3 Å². The lowest BCUT2D eigenvalue weighted by molar-refractivity contribution is 0.458. The lowest BCUT2D eigenvalue weighted by Gasteiger charge is -2.12. The van der Waals surface area contributed by atoms with E-state index in [-0.39, 0.29) is 0 Å². The molecule has 0 saturated heterocycles. The monoisotopic (exact) mass is 348 g/mol. The molecule has 0 aliphatic carbocycles. The van der Waals surface area contributed by atoms with E-state index in [1.54, 1.807) is 0 Å². The first-order valence-electron chi connectivity index (χ1n) is 7.09. The molecule has 0 spiro atoms. The zero-order valence-electron chi connectivity index (χ0n) is 12.9. The van der Waals surface area contributed by atoms with E-state index < -0.39 is 0 Å². The zero-order chi connectivity index (χ0) is 15.4. The predicted octanol–water partition coefficient (Wildman–Crippen LogP) is 4.79. The molecule has 2 rings (SSSR count). The number of ether oxygens (including phenoxy) is 1. The number of aromatic nitrogens is 1. The van der Waals surface area contributed by atoms with Crippen LogP contribution in [0.15, 0.2) is 34.8 Å². The van der Waals surface area contributed by atoms with Crippen LogP contribution in [-0.4, -0.2) is 12.0 Å². The molecule has 0 saturated carbocycles. The Morgan fingerprint density at radius 3 is 2.62 bits per heavy atom. The van der Waals surface area contributed by atoms with E-state index in [0.717, 1.165) is 28.0 Å². The maximum atomic E-state index is 5.93. The Hall–Kier alpha value is -1.39. The first-order chi connectivity index (χ1) is 9.99. The highest BCUT2D eigenvalue weighted by Gasteiger charge is 2.08. The second kappa shape index (κ2) is 7.05. The maximum Gasteiger partial charge on any atom is 0.219 e. The molecular formula is C17H21BrN2O. The zero-order valence-corrected chi connectivity index (χ0v) is 14.5. The van der Waals surface area contributed by atoms with Crippen LogP contribution in [0.2, 0.25) is 0 Å². The fourth-order valence-electron chi connectivity index (χ4n) is 2.04. The van der Waals surface area contributed by atoms with Crippen LogP contribution in [0.25, 0.3) is 0 Å². The SMILES string of the molecule is CNCc1cc(Oc2ccc(Br)c(C)c2)nc(C(C)C)c1. The molecule has 0 amide bonds. The van der Waals surface area contributed by atoms with Gasteiger partial charge in [-0.1, -0.05) is 29.8 Å². The van der Waals surface area contributed by atoms with Gasteiger partial charge in [0.25, 0.3) is 0 Å². The van der Waals surface area contributed by atoms with E-state index in [4.69, 9.17) is 4.74 Å². The van der Waals surface area contributed by atoms with Gasteiger partial charge in [0.15, 0.2) is 0 Å². The van der Waals surface area contributed by atoms with Gasteiger partial charge >= 0.3 is 0 Å². The number of nitrogens with zero attached hydrogens (tertiary/aromatic N) is 1. The molecular weight excluding hydrogens is 328 g/mol. The van der Waals surface area contributed by atoms with Gasteiger partial charge in [0, 0.05) is 22.8 Å². The molecule has 21 heavy (non-hydrogen) atoms. The Balaban J connectivity index is 2.31. The summed E-state index contributed by atoms with van der Waals surface area (Å²) in [5, 5.41) is 3.17. The quantitative estimate of drug-likeness (QED) is 0.843. The summed E-state index contributed by atoms with van der Waals surface area (Å²) >= 11 is 3.50. The van der Waals surface area contributed by atoms with Crippen molar-refractivity contribution < 1.29 is 4.74 Å². The topological polar surface area (TPSA) is 34.1 Å². The predicted molar refractivity (Wildman–Crippen MR) is 90.0 cm³/mol. The summed E-state index contributed by atoms with van der Waals surface area (Å²) in [6.45, 7) is 7.12. The van der Waals surface area contributed by atoms with Crippen molar-refractivity contribution in [1.29, 1.82) is 0 Å². The molecule has 112 valence electrons. The van der Waals surface area contributed by atoms with Gasteiger partial charge in [0.1, 0.15) is 5.75 Å². The number of hydrogen-bond donors (Lipinski definition) is 1. The molecule has 1 aromatic heterocycles. The van der Waals surface area contributed by atoms with Crippen molar-refractivity contribution in [1.82, 2.24) is 10.3 Å². The summed E-state index contributed by atoms with van der Waals surface area (Å²) in [6.07, 6.45) is 0. The molecule has 1 aromatic carbocycles. The standard InChI is InChI=1S/C17H21BrN2O/c1-11(2)16-8-13(10-19-4)9-17(20-16)21-14-5-6-15(18)12(3)7-14/h5-9,11,19H,10H2,1-4H3. The van der Waals surface area contributed by atoms with E-state index in [9.17, 15) is 0 Å². The van der Waals surface area contributed by atoms with E-state index in [1.165, 1.54) is 5.56 Å². The van der Waals surface area contributed by atoms with Gasteiger partial charge in [-0.15, -0.1) is 0 Å². The lowest BCUT2D eigenvalue weighted by Crippen LogP contribution is -2.07. The van der Waals surface area contributed by atoms with Crippen LogP contribution in [0.4, 0.5) is 0 Å². The Labute approximate surface area is 134 Å². The van der Waals surface area contributed by atoms with Gasteiger partial charge in [0.2, 0.25) is 5.88 Å². The minimum atomic E-state index is 0.371. The Morgan fingerprint density at radius 2 is 2.00 bits per heavy atom. The second-order valence-corrected chi connectivity index (χ2v) is 6.29. The average Bonchev–Trinajstić information content (AvgIpc) is 2.43. The summed E-state index contributed by atoms with van der Waals surface area (Å²) in [5.74, 6) is 1.82. The second-order valence-electron chi connectivity index (χ2n) is 5.44. The van der Waals surface area contributed by atoms with Crippen LogP contribution in [0.5, 0.6) is 11.6 Å². The van der Waals surface area contributed by atoms with Crippen LogP contribution >= 0.6 is 15.9 Å². The number of aryl methyl sites for hydroxylation is 1. The Bertz CT molecular complexity index is 626. The number of hydrogen-bond acceptors (Lipinski definition) is 3. The molecule has 1 heterocycles. The largest absolute Gasteiger partial charge is 0.439 e. The highest BCUT2D eigenvalue weighted by Crippen LogP contribution is 2.27. The van der Waals surface area contributed by atoms with E-state index in [0.29, 0.717) is 11.8 Å². The first kappa shape index (κ1) is 16.0. The number of benzene rings is 1. The van der Waals surface area contributed by atoms with Gasteiger partial charge in [-0.2, -0.15) is 0 Å². The van der Waals surface area contributed by atoms with Crippen LogP contribution in [-0.2, 0) is 6.54 Å². The normalized spacial score (nSPS) is 11.0. The molecule has 0 unspecified atom stereocenters.